The summed E-state index contributed by atoms with van der Waals surface area (Å²) in [5.74, 6) is 0. The summed E-state index contributed by atoms with van der Waals surface area (Å²) in [5, 5.41) is 6.83. The summed E-state index contributed by atoms with van der Waals surface area (Å²) in [4.78, 5) is 0. The smallest absolute Gasteiger partial charge is 0.00266 e. The van der Waals surface area contributed by atoms with E-state index in [-0.39, 0.29) is 0 Å². The minimum atomic E-state index is 0.920. The zero-order valence-corrected chi connectivity index (χ0v) is 22.5. The van der Waals surface area contributed by atoms with E-state index in [1.165, 1.54) is 21.9 Å². The van der Waals surface area contributed by atoms with Gasteiger partial charge in [0.25, 0.3) is 0 Å². The van der Waals surface area contributed by atoms with Gasteiger partial charge in [0.15, 0.2) is 0 Å². The van der Waals surface area contributed by atoms with Crippen LogP contribution in [0.1, 0.15) is 16.7 Å². The molecule has 0 nitrogen and oxygen atoms in total. The molecule has 0 saturated heterocycles. The van der Waals surface area contributed by atoms with E-state index in [2.05, 4.69) is 129 Å². The Bertz CT molecular complexity index is 2050. The van der Waals surface area contributed by atoms with E-state index in [4.69, 9.17) is 0 Å². The first-order valence-electron chi connectivity index (χ1n) is 13.5. The molecule has 0 fully saturated rings. The van der Waals surface area contributed by atoms with Crippen molar-refractivity contribution >= 4 is 51.9 Å². The van der Waals surface area contributed by atoms with Crippen LogP contribution in [0.3, 0.4) is 0 Å². The fourth-order valence-electron chi connectivity index (χ4n) is 5.79. The van der Waals surface area contributed by atoms with E-state index in [9.17, 15) is 0 Å². The monoisotopic (exact) mass is 510 g/mol. The molecule has 190 valence electrons. The number of allylic oxidation sites excluding steroid dienone is 1. The highest BCUT2D eigenvalue weighted by Gasteiger charge is 2.18. The Balaban J connectivity index is 1.56. The van der Waals surface area contributed by atoms with Crippen LogP contribution < -0.4 is 10.4 Å². The molecule has 0 amide bonds. The number of benzene rings is 6. The molecule has 0 bridgehead atoms. The van der Waals surface area contributed by atoms with E-state index in [1.807, 2.05) is 30.4 Å². The minimum absolute atomic E-state index is 0.920. The fourth-order valence-corrected chi connectivity index (χ4v) is 5.79. The highest BCUT2D eigenvalue weighted by molar-refractivity contribution is 6.12. The van der Waals surface area contributed by atoms with Crippen LogP contribution in [0, 0.1) is 0 Å². The van der Waals surface area contributed by atoms with Crippen molar-refractivity contribution in [2.24, 2.45) is 0 Å². The molecule has 0 heterocycles. The molecule has 40 heavy (non-hydrogen) atoms. The molecule has 0 spiro atoms. The summed E-state index contributed by atoms with van der Waals surface area (Å²) < 4.78 is 0. The van der Waals surface area contributed by atoms with Gasteiger partial charge in [-0.1, -0.05) is 154 Å². The molecule has 0 saturated carbocycles. The second kappa shape index (κ2) is 10.5. The van der Waals surface area contributed by atoms with Gasteiger partial charge in [-0.25, -0.2) is 0 Å². The van der Waals surface area contributed by atoms with Gasteiger partial charge in [0.05, 0.1) is 0 Å². The normalized spacial score (nSPS) is 11.6. The van der Waals surface area contributed by atoms with Gasteiger partial charge in [-0.3, -0.25) is 0 Å². The van der Waals surface area contributed by atoms with Crippen molar-refractivity contribution < 1.29 is 0 Å². The maximum absolute atomic E-state index is 4.50. The second-order valence-electron chi connectivity index (χ2n) is 10.0. The van der Waals surface area contributed by atoms with Crippen LogP contribution in [-0.2, 0) is 0 Å². The van der Waals surface area contributed by atoms with Gasteiger partial charge in [-0.05, 0) is 82.6 Å². The SMILES string of the molecule is C=Cc1c(C=C)c(-c2ccc(-c3cccc4ccccc34)cc2)c2ccccc2c1C(=C)C=c1ccccc1=C. The second-order valence-corrected chi connectivity index (χ2v) is 10.0. The van der Waals surface area contributed by atoms with Crippen molar-refractivity contribution in [2.75, 3.05) is 0 Å². The van der Waals surface area contributed by atoms with Gasteiger partial charge >= 0.3 is 0 Å². The Kier molecular flexibility index (Phi) is 6.60. The summed E-state index contributed by atoms with van der Waals surface area (Å²) in [6.45, 7) is 17.1. The predicted octanol–water partition coefficient (Wildman–Crippen LogP) is 9.52. The Morgan fingerprint density at radius 1 is 0.550 bits per heavy atom. The first kappa shape index (κ1) is 25.1. The molecule has 0 aliphatic rings. The third-order valence-electron chi connectivity index (χ3n) is 7.68. The number of hydrogen-bond acceptors (Lipinski definition) is 0. The summed E-state index contributed by atoms with van der Waals surface area (Å²) >= 11 is 0. The lowest BCUT2D eigenvalue weighted by Crippen LogP contribution is -2.21. The van der Waals surface area contributed by atoms with E-state index in [0.717, 1.165) is 54.6 Å². The fraction of sp³-hybridized carbons (Fsp3) is 0. The summed E-state index contributed by atoms with van der Waals surface area (Å²) in [7, 11) is 0. The average Bonchev–Trinajstić information content (AvgIpc) is 3.00. The average molecular weight is 511 g/mol. The van der Waals surface area contributed by atoms with Crippen LogP contribution in [0.2, 0.25) is 0 Å². The Morgan fingerprint density at radius 3 is 1.88 bits per heavy atom. The lowest BCUT2D eigenvalue weighted by Gasteiger charge is -2.20. The molecule has 6 rings (SSSR count). The zero-order chi connectivity index (χ0) is 27.6. The molecule has 0 aliphatic carbocycles. The van der Waals surface area contributed by atoms with Crippen molar-refractivity contribution in [1.29, 1.82) is 0 Å². The zero-order valence-electron chi connectivity index (χ0n) is 22.5. The molecule has 0 unspecified atom stereocenters. The summed E-state index contributed by atoms with van der Waals surface area (Å²) in [6, 6.07) is 40.6. The first-order chi connectivity index (χ1) is 19.6. The number of rotatable bonds is 6. The van der Waals surface area contributed by atoms with Crippen LogP contribution in [0.15, 0.2) is 135 Å². The summed E-state index contributed by atoms with van der Waals surface area (Å²) in [5.41, 5.74) is 8.80. The van der Waals surface area contributed by atoms with E-state index < -0.39 is 0 Å². The van der Waals surface area contributed by atoms with Crippen LogP contribution in [0.5, 0.6) is 0 Å². The maximum atomic E-state index is 4.50. The molecule has 0 heteroatoms. The molecule has 0 radical (unpaired) electrons. The highest BCUT2D eigenvalue weighted by atomic mass is 14.2. The molecule has 0 aromatic heterocycles. The van der Waals surface area contributed by atoms with Crippen LogP contribution in [0.25, 0.3) is 74.2 Å². The van der Waals surface area contributed by atoms with E-state index in [1.54, 1.807) is 0 Å². The Labute approximate surface area is 235 Å². The molecule has 0 atom stereocenters. The summed E-state index contributed by atoms with van der Waals surface area (Å²) in [6.07, 6.45) is 5.99. The largest absolute Gasteiger partial charge is 0.0984 e. The minimum Gasteiger partial charge on any atom is -0.0984 e. The van der Waals surface area contributed by atoms with Crippen molar-refractivity contribution in [2.45, 2.75) is 0 Å². The number of hydrogen-bond donors (Lipinski definition) is 0. The molecule has 6 aromatic carbocycles. The highest BCUT2D eigenvalue weighted by Crippen LogP contribution is 2.42. The van der Waals surface area contributed by atoms with Crippen molar-refractivity contribution in [3.05, 3.63) is 162 Å². The van der Waals surface area contributed by atoms with Gasteiger partial charge in [0.1, 0.15) is 0 Å². The Morgan fingerprint density at radius 2 is 1.15 bits per heavy atom. The van der Waals surface area contributed by atoms with Gasteiger partial charge in [0.2, 0.25) is 0 Å². The van der Waals surface area contributed by atoms with Gasteiger partial charge in [-0.2, -0.15) is 0 Å². The standard InChI is InChI=1S/C40H30/c1-5-33-34(6-2)40(31-24-22-30(23-25-31)36-21-13-17-29-15-9-10-18-35(29)36)38-20-12-11-19-37(38)39(33)28(4)26-32-16-8-7-14-27(32)3/h5-26H,1-4H2. The van der Waals surface area contributed by atoms with Gasteiger partial charge in [-0.15, -0.1) is 0 Å². The molecule has 6 aromatic rings. The predicted molar refractivity (Wildman–Crippen MR) is 177 cm³/mol. The van der Waals surface area contributed by atoms with E-state index in [0.29, 0.717) is 0 Å². The van der Waals surface area contributed by atoms with Crippen molar-refractivity contribution in [3.63, 3.8) is 0 Å². The van der Waals surface area contributed by atoms with E-state index >= 15 is 0 Å². The van der Waals surface area contributed by atoms with Crippen LogP contribution >= 0.6 is 0 Å². The number of fused-ring (bicyclic) bond motifs is 2. The van der Waals surface area contributed by atoms with Gasteiger partial charge < -0.3 is 0 Å². The third-order valence-corrected chi connectivity index (χ3v) is 7.68. The van der Waals surface area contributed by atoms with Gasteiger partial charge in [0, 0.05) is 0 Å². The quantitative estimate of drug-likeness (QED) is 0.209. The molecular formula is C40H30. The lowest BCUT2D eigenvalue weighted by molar-refractivity contribution is 1.53. The maximum Gasteiger partial charge on any atom is -0.00266 e. The molecule has 0 aliphatic heterocycles. The van der Waals surface area contributed by atoms with Crippen molar-refractivity contribution in [3.8, 4) is 22.3 Å². The topological polar surface area (TPSA) is 0 Å². The third kappa shape index (κ3) is 4.30. The lowest BCUT2D eigenvalue weighted by atomic mass is 9.83. The van der Waals surface area contributed by atoms with Crippen LogP contribution in [0.4, 0.5) is 0 Å². The first-order valence-corrected chi connectivity index (χ1v) is 13.5. The Hall–Kier alpha value is -5.20. The molecular weight excluding hydrogens is 480 g/mol. The van der Waals surface area contributed by atoms with Crippen molar-refractivity contribution in [1.82, 2.24) is 0 Å². The molecule has 0 N–H and O–H groups in total. The van der Waals surface area contributed by atoms with Crippen LogP contribution in [-0.4, -0.2) is 0 Å².